The van der Waals surface area contributed by atoms with Gasteiger partial charge in [0.15, 0.2) is 0 Å². The Kier molecular flexibility index (Phi) is 4.59. The molecular weight excluding hydrogens is 318 g/mol. The first kappa shape index (κ1) is 16.4. The van der Waals surface area contributed by atoms with Crippen molar-refractivity contribution in [3.63, 3.8) is 0 Å². The third kappa shape index (κ3) is 3.48. The van der Waals surface area contributed by atoms with Gasteiger partial charge in [0, 0.05) is 31.6 Å². The zero-order chi connectivity index (χ0) is 17.2. The van der Waals surface area contributed by atoms with Crippen molar-refractivity contribution in [1.82, 2.24) is 19.9 Å². The topological polar surface area (TPSA) is 78.4 Å². The first-order valence-corrected chi connectivity index (χ1v) is 8.90. The van der Waals surface area contributed by atoms with E-state index in [-0.39, 0.29) is 5.92 Å². The fourth-order valence-corrected chi connectivity index (χ4v) is 3.56. The molecule has 0 amide bonds. The van der Waals surface area contributed by atoms with Crippen LogP contribution in [0.15, 0.2) is 24.3 Å². The lowest BCUT2D eigenvalue weighted by molar-refractivity contribution is 0.184. The molecule has 2 aliphatic rings. The molecule has 7 nitrogen and oxygen atoms in total. The standard InChI is InChI=1S/C18H25N5O2/c1-24-16-4-2-13(3-5-16)14-10-23-18(25-12-14)17(20-21-23)11-22-8-6-15(19)7-9-22/h2-5,14-15H,6-12,19H2,1H3/t14-/m0/s1. The number of nitrogens with two attached hydrogens (primary N) is 1. The summed E-state index contributed by atoms with van der Waals surface area (Å²) in [6, 6.07) is 8.49. The van der Waals surface area contributed by atoms with E-state index in [2.05, 4.69) is 27.3 Å². The van der Waals surface area contributed by atoms with Crippen molar-refractivity contribution >= 4 is 0 Å². The quantitative estimate of drug-likeness (QED) is 0.904. The molecule has 0 bridgehead atoms. The average molecular weight is 343 g/mol. The third-order valence-corrected chi connectivity index (χ3v) is 5.16. The highest BCUT2D eigenvalue weighted by atomic mass is 16.5. The van der Waals surface area contributed by atoms with Gasteiger partial charge in [-0.15, -0.1) is 5.10 Å². The normalized spacial score (nSPS) is 21.6. The number of likely N-dealkylation sites (tertiary alicyclic amines) is 1. The highest BCUT2D eigenvalue weighted by molar-refractivity contribution is 5.30. The second kappa shape index (κ2) is 7.01. The molecule has 134 valence electrons. The summed E-state index contributed by atoms with van der Waals surface area (Å²) in [7, 11) is 1.68. The summed E-state index contributed by atoms with van der Waals surface area (Å²) in [6.45, 7) is 4.26. The number of nitrogens with zero attached hydrogens (tertiary/aromatic N) is 4. The van der Waals surface area contributed by atoms with Crippen LogP contribution in [0, 0.1) is 0 Å². The lowest BCUT2D eigenvalue weighted by atomic mass is 9.99. The molecule has 1 saturated heterocycles. The SMILES string of the molecule is COc1ccc([C@@H]2COc3c(CN4CCC(N)CC4)nnn3C2)cc1. The highest BCUT2D eigenvalue weighted by Gasteiger charge is 2.27. The number of methoxy groups -OCH3 is 1. The minimum absolute atomic E-state index is 0.279. The van der Waals surface area contributed by atoms with Crippen molar-refractivity contribution in [3.8, 4) is 11.6 Å². The lowest BCUT2D eigenvalue weighted by Crippen LogP contribution is -2.39. The molecule has 2 N–H and O–H groups in total. The van der Waals surface area contributed by atoms with E-state index >= 15 is 0 Å². The number of fused-ring (bicyclic) bond motifs is 1. The molecule has 3 heterocycles. The summed E-state index contributed by atoms with van der Waals surface area (Å²) in [5.41, 5.74) is 8.14. The lowest BCUT2D eigenvalue weighted by Gasteiger charge is -2.30. The number of hydrogen-bond acceptors (Lipinski definition) is 6. The van der Waals surface area contributed by atoms with Crippen LogP contribution in [0.4, 0.5) is 0 Å². The highest BCUT2D eigenvalue weighted by Crippen LogP contribution is 2.30. The van der Waals surface area contributed by atoms with Crippen LogP contribution in [0.2, 0.25) is 0 Å². The predicted octanol–water partition coefficient (Wildman–Crippen LogP) is 1.39. The number of benzene rings is 1. The Morgan fingerprint density at radius 1 is 1.24 bits per heavy atom. The number of ether oxygens (including phenoxy) is 2. The molecule has 7 heteroatoms. The molecular formula is C18H25N5O2. The second-order valence-electron chi connectivity index (χ2n) is 6.92. The smallest absolute Gasteiger partial charge is 0.237 e. The Balaban J connectivity index is 1.43. The van der Waals surface area contributed by atoms with E-state index in [1.54, 1.807) is 7.11 Å². The minimum atomic E-state index is 0.279. The van der Waals surface area contributed by atoms with Crippen molar-refractivity contribution in [3.05, 3.63) is 35.5 Å². The first-order chi connectivity index (χ1) is 12.2. The average Bonchev–Trinajstić information content (AvgIpc) is 3.06. The summed E-state index contributed by atoms with van der Waals surface area (Å²) in [5, 5.41) is 8.67. The molecule has 0 aliphatic carbocycles. The predicted molar refractivity (Wildman–Crippen MR) is 93.7 cm³/mol. The van der Waals surface area contributed by atoms with Crippen molar-refractivity contribution < 1.29 is 9.47 Å². The number of rotatable bonds is 4. The first-order valence-electron chi connectivity index (χ1n) is 8.90. The van der Waals surface area contributed by atoms with Gasteiger partial charge in [-0.25, -0.2) is 4.68 Å². The molecule has 2 aromatic rings. The van der Waals surface area contributed by atoms with Crippen molar-refractivity contribution in [2.45, 2.75) is 37.9 Å². The van der Waals surface area contributed by atoms with E-state index in [9.17, 15) is 0 Å². The molecule has 1 fully saturated rings. The fraction of sp³-hybridized carbons (Fsp3) is 0.556. The molecule has 1 atom stereocenters. The molecule has 4 rings (SSSR count). The molecule has 0 radical (unpaired) electrons. The summed E-state index contributed by atoms with van der Waals surface area (Å²) >= 11 is 0. The Bertz CT molecular complexity index is 707. The Hall–Kier alpha value is -2.12. The van der Waals surface area contributed by atoms with Crippen LogP contribution in [-0.4, -0.2) is 52.7 Å². The molecule has 2 aliphatic heterocycles. The van der Waals surface area contributed by atoms with Crippen molar-refractivity contribution in [1.29, 1.82) is 0 Å². The van der Waals surface area contributed by atoms with Crippen LogP contribution in [-0.2, 0) is 13.1 Å². The van der Waals surface area contributed by atoms with Gasteiger partial charge in [0.2, 0.25) is 5.88 Å². The molecule has 0 spiro atoms. The van der Waals surface area contributed by atoms with Gasteiger partial charge in [0.05, 0.1) is 20.3 Å². The van der Waals surface area contributed by atoms with Gasteiger partial charge in [0.25, 0.3) is 0 Å². The van der Waals surface area contributed by atoms with Gasteiger partial charge in [-0.3, -0.25) is 4.90 Å². The Morgan fingerprint density at radius 2 is 2.00 bits per heavy atom. The van der Waals surface area contributed by atoms with Gasteiger partial charge in [-0.05, 0) is 30.5 Å². The van der Waals surface area contributed by atoms with Crippen LogP contribution in [0.3, 0.4) is 0 Å². The number of piperidine rings is 1. The summed E-state index contributed by atoms with van der Waals surface area (Å²) < 4.78 is 13.2. The molecule has 25 heavy (non-hydrogen) atoms. The third-order valence-electron chi connectivity index (χ3n) is 5.16. The molecule has 1 aromatic heterocycles. The van der Waals surface area contributed by atoms with E-state index in [0.717, 1.165) is 56.3 Å². The van der Waals surface area contributed by atoms with E-state index in [1.807, 2.05) is 16.8 Å². The zero-order valence-electron chi connectivity index (χ0n) is 14.6. The molecule has 1 aromatic carbocycles. The maximum absolute atomic E-state index is 6.04. The van der Waals surface area contributed by atoms with E-state index in [4.69, 9.17) is 15.2 Å². The zero-order valence-corrected chi connectivity index (χ0v) is 14.6. The van der Waals surface area contributed by atoms with Gasteiger partial charge in [0.1, 0.15) is 11.4 Å². The van der Waals surface area contributed by atoms with Crippen molar-refractivity contribution in [2.24, 2.45) is 5.73 Å². The Labute approximate surface area is 147 Å². The van der Waals surface area contributed by atoms with E-state index in [0.29, 0.717) is 12.6 Å². The maximum atomic E-state index is 6.04. The van der Waals surface area contributed by atoms with Crippen LogP contribution in [0.5, 0.6) is 11.6 Å². The number of aromatic nitrogens is 3. The summed E-state index contributed by atoms with van der Waals surface area (Å²) in [4.78, 5) is 2.38. The summed E-state index contributed by atoms with van der Waals surface area (Å²) in [6.07, 6.45) is 2.09. The van der Waals surface area contributed by atoms with E-state index in [1.165, 1.54) is 5.56 Å². The maximum Gasteiger partial charge on any atom is 0.237 e. The fourth-order valence-electron chi connectivity index (χ4n) is 3.56. The van der Waals surface area contributed by atoms with Gasteiger partial charge in [-0.2, -0.15) is 0 Å². The molecule has 0 saturated carbocycles. The minimum Gasteiger partial charge on any atom is -0.497 e. The van der Waals surface area contributed by atoms with Gasteiger partial charge >= 0.3 is 0 Å². The van der Waals surface area contributed by atoms with E-state index < -0.39 is 0 Å². The van der Waals surface area contributed by atoms with Gasteiger partial charge in [-0.1, -0.05) is 17.3 Å². The second-order valence-corrected chi connectivity index (χ2v) is 6.92. The monoisotopic (exact) mass is 343 g/mol. The molecule has 0 unspecified atom stereocenters. The number of hydrogen-bond donors (Lipinski definition) is 1. The van der Waals surface area contributed by atoms with Crippen LogP contribution >= 0.6 is 0 Å². The summed E-state index contributed by atoms with van der Waals surface area (Å²) in [5.74, 6) is 1.96. The van der Waals surface area contributed by atoms with Crippen LogP contribution in [0.25, 0.3) is 0 Å². The van der Waals surface area contributed by atoms with Crippen LogP contribution < -0.4 is 15.2 Å². The Morgan fingerprint density at radius 3 is 2.72 bits per heavy atom. The van der Waals surface area contributed by atoms with Gasteiger partial charge < -0.3 is 15.2 Å². The van der Waals surface area contributed by atoms with Crippen molar-refractivity contribution in [2.75, 3.05) is 26.8 Å². The van der Waals surface area contributed by atoms with Crippen LogP contribution in [0.1, 0.15) is 30.0 Å². The largest absolute Gasteiger partial charge is 0.497 e.